The smallest absolute Gasteiger partial charge is 0.258 e. The Morgan fingerprint density at radius 2 is 1.96 bits per heavy atom. The van der Waals surface area contributed by atoms with Gasteiger partial charge < -0.3 is 15.2 Å². The summed E-state index contributed by atoms with van der Waals surface area (Å²) in [6.07, 6.45) is 0. The Hall–Kier alpha value is -2.08. The van der Waals surface area contributed by atoms with Crippen LogP contribution in [0.2, 0.25) is 5.02 Å². The highest BCUT2D eigenvalue weighted by Crippen LogP contribution is 2.32. The molecule has 6 heteroatoms. The summed E-state index contributed by atoms with van der Waals surface area (Å²) < 4.78 is 6.50. The monoisotopic (exact) mass is 375 g/mol. The standard InChI is InChI=1S/C19H18ClNO3S/c1-19(23,17-10-13-4-2-3-5-16(13)25-17)12-21-18(22)11-24-15-8-6-14(20)7-9-15/h2-10,23H,11-12H2,1H3,(H,21,22). The summed E-state index contributed by atoms with van der Waals surface area (Å²) in [6.45, 7) is 1.69. The van der Waals surface area contributed by atoms with Crippen LogP contribution >= 0.6 is 22.9 Å². The predicted octanol–water partition coefficient (Wildman–Crippen LogP) is 3.96. The first-order chi connectivity index (χ1) is 11.9. The molecule has 0 aliphatic carbocycles. The molecule has 2 N–H and O–H groups in total. The molecule has 4 nitrogen and oxygen atoms in total. The first-order valence-electron chi connectivity index (χ1n) is 7.80. The van der Waals surface area contributed by atoms with Crippen molar-refractivity contribution in [3.8, 4) is 5.75 Å². The number of fused-ring (bicyclic) bond motifs is 1. The second kappa shape index (κ2) is 7.44. The quantitative estimate of drug-likeness (QED) is 0.685. The van der Waals surface area contributed by atoms with Crippen LogP contribution in [0, 0.1) is 0 Å². The van der Waals surface area contributed by atoms with Crippen molar-refractivity contribution in [3.63, 3.8) is 0 Å². The number of hydrogen-bond donors (Lipinski definition) is 2. The third-order valence-corrected chi connectivity index (χ3v) is 5.39. The van der Waals surface area contributed by atoms with Crippen LogP contribution in [-0.2, 0) is 10.4 Å². The second-order valence-corrected chi connectivity index (χ2v) is 7.46. The molecule has 0 saturated carbocycles. The molecule has 130 valence electrons. The zero-order valence-corrected chi connectivity index (χ0v) is 15.2. The molecule has 1 aromatic heterocycles. The van der Waals surface area contributed by atoms with E-state index in [4.69, 9.17) is 16.3 Å². The Balaban J connectivity index is 1.55. The van der Waals surface area contributed by atoms with E-state index in [0.717, 1.165) is 15.0 Å². The Kier molecular flexibility index (Phi) is 5.27. The maximum absolute atomic E-state index is 12.0. The first-order valence-corrected chi connectivity index (χ1v) is 9.00. The van der Waals surface area contributed by atoms with E-state index in [1.807, 2.05) is 30.3 Å². The van der Waals surface area contributed by atoms with E-state index in [-0.39, 0.29) is 19.1 Å². The van der Waals surface area contributed by atoms with E-state index in [0.29, 0.717) is 10.8 Å². The molecular formula is C19H18ClNO3S. The zero-order chi connectivity index (χ0) is 17.9. The number of carbonyl (C=O) groups is 1. The fourth-order valence-corrected chi connectivity index (χ4v) is 3.57. The summed E-state index contributed by atoms with van der Waals surface area (Å²) in [5, 5.41) is 15.1. The number of halogens is 1. The van der Waals surface area contributed by atoms with Crippen LogP contribution in [0.4, 0.5) is 0 Å². The number of aliphatic hydroxyl groups is 1. The van der Waals surface area contributed by atoms with Crippen molar-refractivity contribution in [1.29, 1.82) is 0 Å². The molecule has 1 amide bonds. The predicted molar refractivity (Wildman–Crippen MR) is 101 cm³/mol. The minimum Gasteiger partial charge on any atom is -0.484 e. The summed E-state index contributed by atoms with van der Waals surface area (Å²) in [5.74, 6) is 0.271. The van der Waals surface area contributed by atoms with Crippen LogP contribution in [0.5, 0.6) is 5.75 Å². The van der Waals surface area contributed by atoms with Gasteiger partial charge in [-0.25, -0.2) is 0 Å². The average Bonchev–Trinajstić information content (AvgIpc) is 3.05. The van der Waals surface area contributed by atoms with E-state index in [2.05, 4.69) is 5.32 Å². The number of nitrogens with one attached hydrogen (secondary N) is 1. The normalized spacial score (nSPS) is 13.4. The second-order valence-electron chi connectivity index (χ2n) is 5.94. The highest BCUT2D eigenvalue weighted by molar-refractivity contribution is 7.19. The van der Waals surface area contributed by atoms with Crippen LogP contribution in [-0.4, -0.2) is 24.2 Å². The molecule has 25 heavy (non-hydrogen) atoms. The summed E-state index contributed by atoms with van der Waals surface area (Å²) in [5.41, 5.74) is -1.14. The van der Waals surface area contributed by atoms with Gasteiger partial charge in [-0.3, -0.25) is 4.79 Å². The van der Waals surface area contributed by atoms with Crippen molar-refractivity contribution in [2.24, 2.45) is 0 Å². The Morgan fingerprint density at radius 3 is 2.68 bits per heavy atom. The van der Waals surface area contributed by atoms with Gasteiger partial charge in [-0.15, -0.1) is 11.3 Å². The highest BCUT2D eigenvalue weighted by atomic mass is 35.5. The molecule has 3 rings (SSSR count). The van der Waals surface area contributed by atoms with Crippen LogP contribution in [0.1, 0.15) is 11.8 Å². The van der Waals surface area contributed by atoms with Crippen LogP contribution in [0.3, 0.4) is 0 Å². The topological polar surface area (TPSA) is 58.6 Å². The summed E-state index contributed by atoms with van der Waals surface area (Å²) >= 11 is 7.32. The summed E-state index contributed by atoms with van der Waals surface area (Å²) in [6, 6.07) is 16.7. The Labute approximate surface area is 155 Å². The van der Waals surface area contributed by atoms with Gasteiger partial charge in [0, 0.05) is 14.6 Å². The molecule has 1 atom stereocenters. The maximum atomic E-state index is 12.0. The lowest BCUT2D eigenvalue weighted by Gasteiger charge is -2.22. The van der Waals surface area contributed by atoms with Crippen molar-refractivity contribution in [2.75, 3.05) is 13.2 Å². The van der Waals surface area contributed by atoms with Gasteiger partial charge in [0.1, 0.15) is 11.4 Å². The van der Waals surface area contributed by atoms with Crippen molar-refractivity contribution in [3.05, 3.63) is 64.5 Å². The van der Waals surface area contributed by atoms with Gasteiger partial charge in [0.05, 0.1) is 6.54 Å². The molecular weight excluding hydrogens is 358 g/mol. The van der Waals surface area contributed by atoms with E-state index >= 15 is 0 Å². The number of ether oxygens (including phenoxy) is 1. The third kappa shape index (κ3) is 4.51. The minimum atomic E-state index is -1.14. The Bertz CT molecular complexity index is 841. The molecule has 0 fully saturated rings. The number of thiophene rings is 1. The van der Waals surface area contributed by atoms with Crippen LogP contribution in [0.15, 0.2) is 54.6 Å². The number of rotatable bonds is 6. The number of benzene rings is 2. The van der Waals surface area contributed by atoms with Gasteiger partial charge >= 0.3 is 0 Å². The van der Waals surface area contributed by atoms with E-state index < -0.39 is 5.60 Å². The fourth-order valence-electron chi connectivity index (χ4n) is 2.34. The molecule has 1 unspecified atom stereocenters. The fraction of sp³-hybridized carbons (Fsp3) is 0.211. The average molecular weight is 376 g/mol. The SMILES string of the molecule is CC(O)(CNC(=O)COc1ccc(Cl)cc1)c1cc2ccccc2s1. The molecule has 3 aromatic rings. The Morgan fingerprint density at radius 1 is 1.24 bits per heavy atom. The molecule has 2 aromatic carbocycles. The van der Waals surface area contributed by atoms with Crippen molar-refractivity contribution < 1.29 is 14.6 Å². The maximum Gasteiger partial charge on any atom is 0.258 e. The molecule has 0 aliphatic rings. The van der Waals surface area contributed by atoms with Gasteiger partial charge in [-0.2, -0.15) is 0 Å². The van der Waals surface area contributed by atoms with Gasteiger partial charge in [0.15, 0.2) is 6.61 Å². The summed E-state index contributed by atoms with van der Waals surface area (Å²) in [7, 11) is 0. The van der Waals surface area contributed by atoms with Gasteiger partial charge in [-0.1, -0.05) is 29.8 Å². The van der Waals surface area contributed by atoms with Gasteiger partial charge in [-0.05, 0) is 48.7 Å². The van der Waals surface area contributed by atoms with Crippen LogP contribution < -0.4 is 10.1 Å². The lowest BCUT2D eigenvalue weighted by atomic mass is 10.0. The lowest BCUT2D eigenvalue weighted by molar-refractivity contribution is -0.124. The first kappa shape index (κ1) is 17.7. The van der Waals surface area contributed by atoms with Crippen molar-refractivity contribution in [2.45, 2.75) is 12.5 Å². The molecule has 0 radical (unpaired) electrons. The van der Waals surface area contributed by atoms with E-state index in [1.54, 1.807) is 31.2 Å². The van der Waals surface area contributed by atoms with Crippen LogP contribution in [0.25, 0.3) is 10.1 Å². The van der Waals surface area contributed by atoms with Gasteiger partial charge in [0.2, 0.25) is 0 Å². The number of carbonyl (C=O) groups excluding carboxylic acids is 1. The molecule has 0 spiro atoms. The molecule has 0 saturated heterocycles. The highest BCUT2D eigenvalue weighted by Gasteiger charge is 2.26. The lowest BCUT2D eigenvalue weighted by Crippen LogP contribution is -2.40. The third-order valence-electron chi connectivity index (χ3n) is 3.77. The van der Waals surface area contributed by atoms with Crippen molar-refractivity contribution in [1.82, 2.24) is 5.32 Å². The molecule has 0 bridgehead atoms. The molecule has 1 heterocycles. The largest absolute Gasteiger partial charge is 0.484 e. The van der Waals surface area contributed by atoms with E-state index in [1.165, 1.54) is 11.3 Å². The van der Waals surface area contributed by atoms with E-state index in [9.17, 15) is 9.90 Å². The van der Waals surface area contributed by atoms with Gasteiger partial charge in [0.25, 0.3) is 5.91 Å². The molecule has 0 aliphatic heterocycles. The van der Waals surface area contributed by atoms with Crippen molar-refractivity contribution >= 4 is 38.9 Å². The summed E-state index contributed by atoms with van der Waals surface area (Å²) in [4.78, 5) is 12.8. The minimum absolute atomic E-state index is 0.114. The number of hydrogen-bond acceptors (Lipinski definition) is 4. The number of amides is 1. The zero-order valence-electron chi connectivity index (χ0n) is 13.7.